The van der Waals surface area contributed by atoms with Gasteiger partial charge in [0.15, 0.2) is 0 Å². The van der Waals surface area contributed by atoms with Crippen molar-refractivity contribution in [3.63, 3.8) is 0 Å². The molecule has 0 heterocycles. The Hall–Kier alpha value is -4.15. The highest BCUT2D eigenvalue weighted by molar-refractivity contribution is 5.86. The lowest BCUT2D eigenvalue weighted by atomic mass is 10.0. The standard InChI is InChI=1S/C24H29N3O8/c1-24(2,3)35-22(29)25-20(16-17-8-6-5-7-9-17)21(28)26(4)14-15-33-23(30)34-19-12-10-18(11-13-19)27(31)32/h5-13,20H,14-16H2,1-4H3,(H,25,29)/t20-/m0/s1. The molecule has 0 bridgehead atoms. The minimum Gasteiger partial charge on any atom is -0.444 e. The first-order valence-corrected chi connectivity index (χ1v) is 10.8. The summed E-state index contributed by atoms with van der Waals surface area (Å²) in [5.74, 6) is -0.318. The number of alkyl carbamates (subject to hydrolysis) is 1. The normalized spacial score (nSPS) is 11.7. The van der Waals surface area contributed by atoms with Crippen LogP contribution in [-0.4, -0.2) is 59.8 Å². The minimum atomic E-state index is -1.02. The molecule has 2 rings (SSSR count). The van der Waals surface area contributed by atoms with Gasteiger partial charge in [0, 0.05) is 25.6 Å². The van der Waals surface area contributed by atoms with Gasteiger partial charge in [-0.15, -0.1) is 0 Å². The van der Waals surface area contributed by atoms with Gasteiger partial charge < -0.3 is 24.4 Å². The van der Waals surface area contributed by atoms with Crippen LogP contribution in [0.5, 0.6) is 5.75 Å². The van der Waals surface area contributed by atoms with Gasteiger partial charge in [0.05, 0.1) is 11.5 Å². The summed E-state index contributed by atoms with van der Waals surface area (Å²) in [4.78, 5) is 48.6. The lowest BCUT2D eigenvalue weighted by molar-refractivity contribution is -0.384. The third kappa shape index (κ3) is 9.70. The maximum Gasteiger partial charge on any atom is 0.513 e. The van der Waals surface area contributed by atoms with E-state index in [1.165, 1.54) is 36.2 Å². The van der Waals surface area contributed by atoms with Crippen LogP contribution in [0.25, 0.3) is 0 Å². The number of likely N-dealkylation sites (N-methyl/N-ethyl adjacent to an activating group) is 1. The first-order valence-electron chi connectivity index (χ1n) is 10.8. The topological polar surface area (TPSA) is 137 Å². The van der Waals surface area contributed by atoms with Crippen molar-refractivity contribution in [3.8, 4) is 5.75 Å². The molecule has 0 unspecified atom stereocenters. The van der Waals surface area contributed by atoms with Crippen molar-refractivity contribution in [1.82, 2.24) is 10.2 Å². The highest BCUT2D eigenvalue weighted by Crippen LogP contribution is 2.17. The Kier molecular flexibility index (Phi) is 9.56. The van der Waals surface area contributed by atoms with Crippen LogP contribution in [0.15, 0.2) is 54.6 Å². The summed E-state index contributed by atoms with van der Waals surface area (Å²) in [6.07, 6.45) is -1.50. The van der Waals surface area contributed by atoms with Gasteiger partial charge in [0.25, 0.3) is 5.69 Å². The highest BCUT2D eigenvalue weighted by Gasteiger charge is 2.27. The molecule has 1 N–H and O–H groups in total. The number of carbonyl (C=O) groups excluding carboxylic acids is 3. The predicted molar refractivity (Wildman–Crippen MR) is 126 cm³/mol. The third-order valence-corrected chi connectivity index (χ3v) is 4.54. The number of nitro benzene ring substituents is 1. The molecule has 0 aliphatic carbocycles. The molecule has 0 radical (unpaired) electrons. The molecule has 0 saturated carbocycles. The van der Waals surface area contributed by atoms with E-state index in [4.69, 9.17) is 14.2 Å². The fraction of sp³-hybridized carbons (Fsp3) is 0.375. The number of rotatable bonds is 9. The summed E-state index contributed by atoms with van der Waals surface area (Å²) in [7, 11) is 1.52. The quantitative estimate of drug-likeness (QED) is 0.245. The van der Waals surface area contributed by atoms with Gasteiger partial charge in [0.2, 0.25) is 5.91 Å². The second kappa shape index (κ2) is 12.4. The van der Waals surface area contributed by atoms with E-state index in [2.05, 4.69) is 5.32 Å². The Morgan fingerprint density at radius 2 is 1.69 bits per heavy atom. The maximum atomic E-state index is 13.0. The number of nitrogens with one attached hydrogen (secondary N) is 1. The average molecular weight is 488 g/mol. The molecule has 2 aromatic rings. The van der Waals surface area contributed by atoms with Gasteiger partial charge in [-0.2, -0.15) is 0 Å². The maximum absolute atomic E-state index is 13.0. The predicted octanol–water partition coefficient (Wildman–Crippen LogP) is 3.70. The molecule has 0 aliphatic rings. The van der Waals surface area contributed by atoms with Crippen molar-refractivity contribution in [2.75, 3.05) is 20.2 Å². The fourth-order valence-corrected chi connectivity index (χ4v) is 2.90. The molecule has 35 heavy (non-hydrogen) atoms. The van der Waals surface area contributed by atoms with E-state index in [1.54, 1.807) is 20.8 Å². The van der Waals surface area contributed by atoms with Gasteiger partial charge in [-0.3, -0.25) is 14.9 Å². The molecule has 11 heteroatoms. The fourth-order valence-electron chi connectivity index (χ4n) is 2.90. The van der Waals surface area contributed by atoms with E-state index in [0.29, 0.717) is 0 Å². The van der Waals surface area contributed by atoms with E-state index >= 15 is 0 Å². The van der Waals surface area contributed by atoms with Crippen LogP contribution in [0.3, 0.4) is 0 Å². The van der Waals surface area contributed by atoms with E-state index in [9.17, 15) is 24.5 Å². The second-order valence-electron chi connectivity index (χ2n) is 8.60. The van der Waals surface area contributed by atoms with Crippen LogP contribution in [0.4, 0.5) is 15.3 Å². The number of benzene rings is 2. The smallest absolute Gasteiger partial charge is 0.444 e. The van der Waals surface area contributed by atoms with Crippen molar-refractivity contribution in [2.45, 2.75) is 38.8 Å². The molecule has 0 saturated heterocycles. The summed E-state index contributed by atoms with van der Waals surface area (Å²) in [6, 6.07) is 13.2. The summed E-state index contributed by atoms with van der Waals surface area (Å²) in [5.41, 5.74) is -0.0251. The zero-order chi connectivity index (χ0) is 26.0. The van der Waals surface area contributed by atoms with E-state index in [0.717, 1.165) is 5.56 Å². The largest absolute Gasteiger partial charge is 0.513 e. The number of hydrogen-bond acceptors (Lipinski definition) is 8. The molecule has 188 valence electrons. The third-order valence-electron chi connectivity index (χ3n) is 4.54. The average Bonchev–Trinajstić information content (AvgIpc) is 2.77. The van der Waals surface area contributed by atoms with Crippen molar-refractivity contribution < 1.29 is 33.5 Å². The van der Waals surface area contributed by atoms with E-state index in [1.807, 2.05) is 30.3 Å². The monoisotopic (exact) mass is 487 g/mol. The lowest BCUT2D eigenvalue weighted by Crippen LogP contribution is -2.50. The number of amides is 2. The van der Waals surface area contributed by atoms with Crippen molar-refractivity contribution >= 4 is 23.8 Å². The van der Waals surface area contributed by atoms with Gasteiger partial charge in [-0.05, 0) is 38.5 Å². The minimum absolute atomic E-state index is 0.0372. The Labute approximate surface area is 203 Å². The lowest BCUT2D eigenvalue weighted by Gasteiger charge is -2.26. The van der Waals surface area contributed by atoms with Gasteiger partial charge in [-0.1, -0.05) is 30.3 Å². The molecule has 1 atom stereocenters. The molecule has 0 aromatic heterocycles. The number of nitrogens with zero attached hydrogens (tertiary/aromatic N) is 2. The zero-order valence-electron chi connectivity index (χ0n) is 20.1. The summed E-state index contributed by atoms with van der Waals surface area (Å²) >= 11 is 0. The molecule has 0 spiro atoms. The highest BCUT2D eigenvalue weighted by atomic mass is 16.7. The van der Waals surface area contributed by atoms with Crippen molar-refractivity contribution in [3.05, 3.63) is 70.3 Å². The first kappa shape index (κ1) is 27.1. The summed E-state index contributed by atoms with van der Waals surface area (Å²) in [6.45, 7) is 5.04. The zero-order valence-corrected chi connectivity index (χ0v) is 20.1. The van der Waals surface area contributed by atoms with Crippen LogP contribution in [0.1, 0.15) is 26.3 Å². The Bertz CT molecular complexity index is 1020. The first-order chi connectivity index (χ1) is 16.4. The van der Waals surface area contributed by atoms with E-state index in [-0.39, 0.29) is 31.0 Å². The molecule has 0 fully saturated rings. The van der Waals surface area contributed by atoms with Crippen LogP contribution in [-0.2, 0) is 20.7 Å². The van der Waals surface area contributed by atoms with Crippen LogP contribution in [0.2, 0.25) is 0 Å². The number of nitro groups is 1. The molecule has 2 amide bonds. The van der Waals surface area contributed by atoms with Crippen LogP contribution >= 0.6 is 0 Å². The van der Waals surface area contributed by atoms with Crippen molar-refractivity contribution in [1.29, 1.82) is 0 Å². The second-order valence-corrected chi connectivity index (χ2v) is 8.60. The van der Waals surface area contributed by atoms with Gasteiger partial charge >= 0.3 is 12.2 Å². The van der Waals surface area contributed by atoms with Gasteiger partial charge in [-0.25, -0.2) is 9.59 Å². The Morgan fingerprint density at radius 1 is 1.06 bits per heavy atom. The number of hydrogen-bond donors (Lipinski definition) is 1. The molecule has 2 aromatic carbocycles. The number of non-ortho nitro benzene ring substituents is 1. The summed E-state index contributed by atoms with van der Waals surface area (Å²) in [5, 5.41) is 13.3. The Balaban J connectivity index is 1.91. The molecule has 0 aliphatic heterocycles. The van der Waals surface area contributed by atoms with Crippen LogP contribution < -0.4 is 10.1 Å². The number of carbonyl (C=O) groups is 3. The van der Waals surface area contributed by atoms with Gasteiger partial charge in [0.1, 0.15) is 24.0 Å². The SMILES string of the molecule is CN(CCOC(=O)Oc1ccc([N+](=O)[O-])cc1)C(=O)[C@H](Cc1ccccc1)NC(=O)OC(C)(C)C. The molecular formula is C24H29N3O8. The Morgan fingerprint density at radius 3 is 2.26 bits per heavy atom. The molecular weight excluding hydrogens is 458 g/mol. The van der Waals surface area contributed by atoms with Crippen molar-refractivity contribution in [2.24, 2.45) is 0 Å². The number of ether oxygens (including phenoxy) is 3. The van der Waals surface area contributed by atoms with Crippen LogP contribution in [0, 0.1) is 10.1 Å². The summed E-state index contributed by atoms with van der Waals surface area (Å²) < 4.78 is 15.2. The molecule has 11 nitrogen and oxygen atoms in total. The van der Waals surface area contributed by atoms with E-state index < -0.39 is 34.7 Å².